The Balaban J connectivity index is 3.03. The monoisotopic (exact) mass is 276 g/mol. The first-order valence-corrected chi connectivity index (χ1v) is 6.72. The predicted molar refractivity (Wildman–Crippen MR) is 70.7 cm³/mol. The summed E-state index contributed by atoms with van der Waals surface area (Å²) in [6, 6.07) is 0. The van der Waals surface area contributed by atoms with Crippen LogP contribution in [-0.2, 0) is 11.2 Å². The van der Waals surface area contributed by atoms with Crippen LogP contribution in [0.2, 0.25) is 10.3 Å². The van der Waals surface area contributed by atoms with Crippen molar-refractivity contribution < 1.29 is 4.74 Å². The molecule has 0 aliphatic heterocycles. The Hall–Kier alpha value is -0.380. The number of ether oxygens (including phenoxy) is 1. The van der Waals surface area contributed by atoms with Crippen LogP contribution >= 0.6 is 23.2 Å². The number of hydrogen-bond donors (Lipinski definition) is 0. The van der Waals surface area contributed by atoms with E-state index in [1.807, 2.05) is 13.8 Å². The third-order valence-electron chi connectivity index (χ3n) is 2.48. The van der Waals surface area contributed by atoms with Crippen LogP contribution in [0.5, 0.6) is 0 Å². The molecule has 1 unspecified atom stereocenters. The summed E-state index contributed by atoms with van der Waals surface area (Å²) in [5.74, 6) is 0.584. The van der Waals surface area contributed by atoms with Gasteiger partial charge in [-0.25, -0.2) is 9.97 Å². The van der Waals surface area contributed by atoms with Gasteiger partial charge < -0.3 is 4.74 Å². The molecule has 0 amide bonds. The van der Waals surface area contributed by atoms with Gasteiger partial charge in [0.15, 0.2) is 5.82 Å². The smallest absolute Gasteiger partial charge is 0.160 e. The van der Waals surface area contributed by atoms with Crippen LogP contribution in [0, 0.1) is 0 Å². The molecule has 0 N–H and O–H groups in total. The van der Waals surface area contributed by atoms with Crippen LogP contribution in [-0.4, -0.2) is 16.6 Å². The lowest BCUT2D eigenvalue weighted by Gasteiger charge is -2.16. The van der Waals surface area contributed by atoms with Gasteiger partial charge in [0, 0.05) is 12.2 Å². The molecule has 0 radical (unpaired) electrons. The number of aromatic nitrogens is 2. The molecule has 1 rings (SSSR count). The zero-order valence-electron chi connectivity index (χ0n) is 10.5. The fraction of sp³-hybridized carbons (Fsp3) is 0.667. The second kappa shape index (κ2) is 7.14. The lowest BCUT2D eigenvalue weighted by atomic mass is 10.2. The second-order valence-corrected chi connectivity index (χ2v) is 4.44. The number of halogens is 2. The van der Waals surface area contributed by atoms with Crippen molar-refractivity contribution in [3.05, 3.63) is 21.7 Å². The lowest BCUT2D eigenvalue weighted by Crippen LogP contribution is -2.10. The Morgan fingerprint density at radius 2 is 1.71 bits per heavy atom. The van der Waals surface area contributed by atoms with E-state index in [1.54, 1.807) is 0 Å². The van der Waals surface area contributed by atoms with Crippen molar-refractivity contribution >= 4 is 23.2 Å². The standard InChI is InChI=1S/C12H18Cl2N2O/c1-4-7-9(17-6-3)12-15-10(13)8(5-2)11(14)16-12/h9H,4-7H2,1-3H3. The fourth-order valence-corrected chi connectivity index (χ4v) is 2.30. The van der Waals surface area contributed by atoms with E-state index in [-0.39, 0.29) is 6.10 Å². The summed E-state index contributed by atoms with van der Waals surface area (Å²) >= 11 is 12.2. The van der Waals surface area contributed by atoms with E-state index in [2.05, 4.69) is 16.9 Å². The van der Waals surface area contributed by atoms with Gasteiger partial charge in [-0.3, -0.25) is 0 Å². The van der Waals surface area contributed by atoms with Gasteiger partial charge >= 0.3 is 0 Å². The highest BCUT2D eigenvalue weighted by Crippen LogP contribution is 2.26. The molecule has 96 valence electrons. The Morgan fingerprint density at radius 3 is 2.12 bits per heavy atom. The Morgan fingerprint density at radius 1 is 1.12 bits per heavy atom. The predicted octanol–water partition coefficient (Wildman–Crippen LogP) is 4.22. The molecule has 0 saturated carbocycles. The van der Waals surface area contributed by atoms with E-state index in [0.717, 1.165) is 24.8 Å². The molecule has 1 heterocycles. The van der Waals surface area contributed by atoms with Gasteiger partial charge in [-0.2, -0.15) is 0 Å². The molecule has 1 aromatic heterocycles. The Labute approximate surface area is 113 Å². The maximum absolute atomic E-state index is 6.09. The molecule has 0 spiro atoms. The number of hydrogen-bond acceptors (Lipinski definition) is 3. The van der Waals surface area contributed by atoms with Crippen LogP contribution in [0.15, 0.2) is 0 Å². The maximum Gasteiger partial charge on any atom is 0.160 e. The van der Waals surface area contributed by atoms with Crippen LogP contribution in [0.1, 0.15) is 51.1 Å². The zero-order valence-corrected chi connectivity index (χ0v) is 12.0. The van der Waals surface area contributed by atoms with Crippen molar-refractivity contribution in [2.75, 3.05) is 6.61 Å². The quantitative estimate of drug-likeness (QED) is 0.730. The Kier molecular flexibility index (Phi) is 6.17. The topological polar surface area (TPSA) is 35.0 Å². The number of rotatable bonds is 6. The third kappa shape index (κ3) is 3.80. The van der Waals surface area contributed by atoms with Gasteiger partial charge in [-0.1, -0.05) is 43.5 Å². The van der Waals surface area contributed by atoms with E-state index >= 15 is 0 Å². The normalized spacial score (nSPS) is 12.8. The van der Waals surface area contributed by atoms with E-state index in [9.17, 15) is 0 Å². The summed E-state index contributed by atoms with van der Waals surface area (Å²) in [4.78, 5) is 8.57. The molecule has 5 heteroatoms. The average Bonchev–Trinajstić information content (AvgIpc) is 2.28. The zero-order chi connectivity index (χ0) is 12.8. The fourth-order valence-electron chi connectivity index (χ4n) is 1.63. The summed E-state index contributed by atoms with van der Waals surface area (Å²) in [6.45, 7) is 6.64. The van der Waals surface area contributed by atoms with Crippen LogP contribution in [0.4, 0.5) is 0 Å². The first-order valence-electron chi connectivity index (χ1n) is 5.97. The minimum absolute atomic E-state index is 0.120. The van der Waals surface area contributed by atoms with E-state index in [0.29, 0.717) is 22.7 Å². The SMILES string of the molecule is CCCC(OCC)c1nc(Cl)c(CC)c(Cl)n1. The van der Waals surface area contributed by atoms with Gasteiger partial charge in [0.05, 0.1) is 0 Å². The molecule has 17 heavy (non-hydrogen) atoms. The van der Waals surface area contributed by atoms with Crippen LogP contribution in [0.25, 0.3) is 0 Å². The van der Waals surface area contributed by atoms with Crippen molar-refractivity contribution in [3.63, 3.8) is 0 Å². The summed E-state index contributed by atoms with van der Waals surface area (Å²) < 4.78 is 5.61. The van der Waals surface area contributed by atoms with Gasteiger partial charge in [-0.05, 0) is 19.8 Å². The minimum Gasteiger partial charge on any atom is -0.371 e. The van der Waals surface area contributed by atoms with Crippen molar-refractivity contribution in [1.29, 1.82) is 0 Å². The summed E-state index contributed by atoms with van der Waals surface area (Å²) in [5.41, 5.74) is 0.795. The van der Waals surface area contributed by atoms with Crippen LogP contribution < -0.4 is 0 Å². The summed E-state index contributed by atoms with van der Waals surface area (Å²) in [6.07, 6.45) is 2.47. The van der Waals surface area contributed by atoms with Crippen LogP contribution in [0.3, 0.4) is 0 Å². The molecule has 0 aliphatic carbocycles. The molecule has 0 aliphatic rings. The first kappa shape index (κ1) is 14.7. The van der Waals surface area contributed by atoms with Crippen molar-refractivity contribution in [3.8, 4) is 0 Å². The van der Waals surface area contributed by atoms with E-state index in [1.165, 1.54) is 0 Å². The third-order valence-corrected chi connectivity index (χ3v) is 3.11. The molecule has 0 bridgehead atoms. The van der Waals surface area contributed by atoms with Gasteiger partial charge in [0.25, 0.3) is 0 Å². The molecule has 3 nitrogen and oxygen atoms in total. The van der Waals surface area contributed by atoms with Gasteiger partial charge in [0.1, 0.15) is 16.4 Å². The molecular formula is C12H18Cl2N2O. The molecule has 0 saturated heterocycles. The highest BCUT2D eigenvalue weighted by molar-refractivity contribution is 6.34. The second-order valence-electron chi connectivity index (χ2n) is 3.73. The molecular weight excluding hydrogens is 259 g/mol. The molecule has 1 atom stereocenters. The summed E-state index contributed by atoms with van der Waals surface area (Å²) in [7, 11) is 0. The summed E-state index contributed by atoms with van der Waals surface area (Å²) in [5, 5.41) is 0.867. The highest BCUT2D eigenvalue weighted by atomic mass is 35.5. The molecule has 0 aromatic carbocycles. The maximum atomic E-state index is 6.09. The Bertz CT molecular complexity index is 343. The van der Waals surface area contributed by atoms with Gasteiger partial charge in [0.2, 0.25) is 0 Å². The van der Waals surface area contributed by atoms with E-state index in [4.69, 9.17) is 27.9 Å². The van der Waals surface area contributed by atoms with Gasteiger partial charge in [-0.15, -0.1) is 0 Å². The lowest BCUT2D eigenvalue weighted by molar-refractivity contribution is 0.0493. The highest BCUT2D eigenvalue weighted by Gasteiger charge is 2.17. The van der Waals surface area contributed by atoms with E-state index < -0.39 is 0 Å². The van der Waals surface area contributed by atoms with Crippen molar-refractivity contribution in [2.45, 2.75) is 46.1 Å². The molecule has 0 fully saturated rings. The average molecular weight is 277 g/mol. The number of nitrogens with zero attached hydrogens (tertiary/aromatic N) is 2. The minimum atomic E-state index is -0.120. The van der Waals surface area contributed by atoms with Crippen molar-refractivity contribution in [2.24, 2.45) is 0 Å². The molecule has 1 aromatic rings. The largest absolute Gasteiger partial charge is 0.371 e. The first-order chi connectivity index (χ1) is 8.13. The van der Waals surface area contributed by atoms with Crippen molar-refractivity contribution in [1.82, 2.24) is 9.97 Å².